The highest BCUT2D eigenvalue weighted by Crippen LogP contribution is 2.31. The number of rotatable bonds is 5. The van der Waals surface area contributed by atoms with Gasteiger partial charge in [-0.15, -0.1) is 0 Å². The maximum absolute atomic E-state index is 14.2. The third-order valence-corrected chi connectivity index (χ3v) is 5.63. The number of nitrogens with zero attached hydrogens (tertiary/aromatic N) is 3. The lowest BCUT2D eigenvalue weighted by molar-refractivity contribution is -0.133. The molecule has 2 aromatic rings. The summed E-state index contributed by atoms with van der Waals surface area (Å²) in [6.45, 7) is 1.22. The Morgan fingerprint density at radius 2 is 2.07 bits per heavy atom. The minimum Gasteiger partial charge on any atom is -0.349 e. The topological polar surface area (TPSA) is 67.2 Å². The molecule has 1 aromatic carbocycles. The molecular weight excluding hydrogens is 359 g/mol. The number of aromatic nitrogens is 2. The molecule has 6 nitrogen and oxygen atoms in total. The minimum atomic E-state index is -0.314. The Labute approximate surface area is 163 Å². The van der Waals surface area contributed by atoms with Crippen LogP contribution in [0.2, 0.25) is 0 Å². The van der Waals surface area contributed by atoms with E-state index in [2.05, 4.69) is 10.4 Å². The fraction of sp³-hybridized carbons (Fsp3) is 0.476. The van der Waals surface area contributed by atoms with Crippen LogP contribution in [0.3, 0.4) is 0 Å². The molecule has 0 saturated carbocycles. The molecule has 2 amide bonds. The molecular formula is C21H25FN4O2. The molecule has 1 atom stereocenters. The first-order valence-electron chi connectivity index (χ1n) is 10.0. The van der Waals surface area contributed by atoms with Crippen LogP contribution in [0.15, 0.2) is 30.5 Å². The number of hydrogen-bond acceptors (Lipinski definition) is 3. The number of likely N-dealkylation sites (tertiary alicyclic amines) is 1. The third-order valence-electron chi connectivity index (χ3n) is 5.63. The van der Waals surface area contributed by atoms with Crippen molar-refractivity contribution in [3.05, 3.63) is 47.5 Å². The van der Waals surface area contributed by atoms with Crippen molar-refractivity contribution in [2.45, 2.75) is 51.0 Å². The van der Waals surface area contributed by atoms with Gasteiger partial charge in [0.25, 0.3) is 0 Å². The zero-order valence-electron chi connectivity index (χ0n) is 15.9. The van der Waals surface area contributed by atoms with Crippen LogP contribution in [-0.4, -0.2) is 39.6 Å². The quantitative estimate of drug-likeness (QED) is 0.862. The Morgan fingerprint density at radius 3 is 2.89 bits per heavy atom. The zero-order chi connectivity index (χ0) is 19.5. The van der Waals surface area contributed by atoms with E-state index in [0.29, 0.717) is 25.1 Å². The number of hydrogen-bond donors (Lipinski definition) is 1. The van der Waals surface area contributed by atoms with Crippen molar-refractivity contribution in [3.63, 3.8) is 0 Å². The maximum atomic E-state index is 14.2. The number of amides is 2. The van der Waals surface area contributed by atoms with Gasteiger partial charge in [-0.2, -0.15) is 5.10 Å². The van der Waals surface area contributed by atoms with Crippen molar-refractivity contribution in [3.8, 4) is 5.69 Å². The number of para-hydroxylation sites is 1. The molecule has 1 aliphatic carbocycles. The molecule has 1 N–H and O–H groups in total. The molecule has 148 valence electrons. The standard InChI is InChI=1S/C21H25FN4O2/c22-16-6-1-2-8-19(16)26-18-9-5-7-17(15(18)14-23-26)24-20(27)11-13-25-12-4-3-10-21(25)28/h1-2,6,8,14,17H,3-5,7,9-13H2,(H,24,27). The van der Waals surface area contributed by atoms with E-state index >= 15 is 0 Å². The van der Waals surface area contributed by atoms with E-state index in [0.717, 1.165) is 49.9 Å². The van der Waals surface area contributed by atoms with E-state index in [4.69, 9.17) is 0 Å². The second-order valence-corrected chi connectivity index (χ2v) is 7.51. The number of carbonyl (C=O) groups excluding carboxylic acids is 2. The van der Waals surface area contributed by atoms with Crippen LogP contribution in [-0.2, 0) is 16.0 Å². The van der Waals surface area contributed by atoms with Gasteiger partial charge in [-0.3, -0.25) is 9.59 Å². The largest absolute Gasteiger partial charge is 0.349 e. The highest BCUT2D eigenvalue weighted by atomic mass is 19.1. The number of carbonyl (C=O) groups is 2. The first-order chi connectivity index (χ1) is 13.6. The summed E-state index contributed by atoms with van der Waals surface area (Å²) in [6, 6.07) is 6.46. The first-order valence-corrected chi connectivity index (χ1v) is 10.0. The molecule has 1 aromatic heterocycles. The lowest BCUT2D eigenvalue weighted by atomic mass is 9.92. The van der Waals surface area contributed by atoms with Gasteiger partial charge in [0.2, 0.25) is 11.8 Å². The van der Waals surface area contributed by atoms with E-state index in [9.17, 15) is 14.0 Å². The summed E-state index contributed by atoms with van der Waals surface area (Å²) in [6.07, 6.45) is 7.13. The van der Waals surface area contributed by atoms with Crippen molar-refractivity contribution >= 4 is 11.8 Å². The summed E-state index contributed by atoms with van der Waals surface area (Å²) in [5.41, 5.74) is 2.34. The van der Waals surface area contributed by atoms with Crippen LogP contribution in [0.5, 0.6) is 0 Å². The van der Waals surface area contributed by atoms with Gasteiger partial charge < -0.3 is 10.2 Å². The predicted molar refractivity (Wildman–Crippen MR) is 102 cm³/mol. The number of benzene rings is 1. The molecule has 4 rings (SSSR count). The van der Waals surface area contributed by atoms with Gasteiger partial charge in [-0.05, 0) is 44.2 Å². The van der Waals surface area contributed by atoms with E-state index in [1.54, 1.807) is 34.0 Å². The molecule has 2 heterocycles. The molecule has 2 aliphatic rings. The monoisotopic (exact) mass is 384 g/mol. The van der Waals surface area contributed by atoms with Crippen LogP contribution in [0.1, 0.15) is 55.8 Å². The molecule has 28 heavy (non-hydrogen) atoms. The smallest absolute Gasteiger partial charge is 0.222 e. The summed E-state index contributed by atoms with van der Waals surface area (Å²) in [5.74, 6) is -0.231. The number of nitrogens with one attached hydrogen (secondary N) is 1. The SMILES string of the molecule is O=C(CCN1CCCCC1=O)NC1CCCc2c1cnn2-c1ccccc1F. The fourth-order valence-corrected chi connectivity index (χ4v) is 4.14. The second-order valence-electron chi connectivity index (χ2n) is 7.51. The second kappa shape index (κ2) is 8.12. The van der Waals surface area contributed by atoms with Gasteiger partial charge in [0, 0.05) is 37.2 Å². The Morgan fingerprint density at radius 1 is 1.21 bits per heavy atom. The van der Waals surface area contributed by atoms with Crippen LogP contribution in [0.25, 0.3) is 5.69 Å². The Balaban J connectivity index is 1.43. The average molecular weight is 384 g/mol. The van der Waals surface area contributed by atoms with Crippen LogP contribution >= 0.6 is 0 Å². The number of fused-ring (bicyclic) bond motifs is 1. The Hall–Kier alpha value is -2.70. The predicted octanol–water partition coefficient (Wildman–Crippen LogP) is 2.91. The lowest BCUT2D eigenvalue weighted by Crippen LogP contribution is -2.39. The van der Waals surface area contributed by atoms with Crippen LogP contribution in [0.4, 0.5) is 4.39 Å². The highest BCUT2D eigenvalue weighted by Gasteiger charge is 2.27. The Bertz CT molecular complexity index is 879. The third kappa shape index (κ3) is 3.79. The maximum Gasteiger partial charge on any atom is 0.222 e. The molecule has 7 heteroatoms. The van der Waals surface area contributed by atoms with E-state index in [-0.39, 0.29) is 23.7 Å². The normalized spacial score (nSPS) is 19.4. The zero-order valence-corrected chi connectivity index (χ0v) is 15.9. The molecule has 0 radical (unpaired) electrons. The van der Waals surface area contributed by atoms with Crippen molar-refractivity contribution in [2.75, 3.05) is 13.1 Å². The van der Waals surface area contributed by atoms with Crippen molar-refractivity contribution in [1.29, 1.82) is 0 Å². The molecule has 1 aliphatic heterocycles. The summed E-state index contributed by atoms with van der Waals surface area (Å²) in [4.78, 5) is 26.1. The summed E-state index contributed by atoms with van der Waals surface area (Å²) >= 11 is 0. The molecule has 1 fully saturated rings. The number of halogens is 1. The van der Waals surface area contributed by atoms with Crippen molar-refractivity contribution in [2.24, 2.45) is 0 Å². The van der Waals surface area contributed by atoms with Crippen molar-refractivity contribution < 1.29 is 14.0 Å². The van der Waals surface area contributed by atoms with E-state index in [1.807, 2.05) is 0 Å². The summed E-state index contributed by atoms with van der Waals surface area (Å²) in [7, 11) is 0. The minimum absolute atomic E-state index is 0.0603. The fourth-order valence-electron chi connectivity index (χ4n) is 4.14. The molecule has 1 unspecified atom stereocenters. The van der Waals surface area contributed by atoms with Gasteiger partial charge in [0.1, 0.15) is 11.5 Å². The van der Waals surface area contributed by atoms with Gasteiger partial charge in [-0.1, -0.05) is 12.1 Å². The molecule has 1 saturated heterocycles. The lowest BCUT2D eigenvalue weighted by Gasteiger charge is -2.27. The van der Waals surface area contributed by atoms with Crippen LogP contribution < -0.4 is 5.32 Å². The van der Waals surface area contributed by atoms with Crippen LogP contribution in [0, 0.1) is 5.82 Å². The number of piperidine rings is 1. The molecule has 0 bridgehead atoms. The summed E-state index contributed by atoms with van der Waals surface area (Å²) < 4.78 is 15.8. The van der Waals surface area contributed by atoms with E-state index in [1.165, 1.54) is 6.07 Å². The summed E-state index contributed by atoms with van der Waals surface area (Å²) in [5, 5.41) is 7.47. The average Bonchev–Trinajstić information content (AvgIpc) is 3.13. The van der Waals surface area contributed by atoms with Gasteiger partial charge >= 0.3 is 0 Å². The highest BCUT2D eigenvalue weighted by molar-refractivity contribution is 5.79. The first kappa shape index (κ1) is 18.7. The van der Waals surface area contributed by atoms with Gasteiger partial charge in [-0.25, -0.2) is 9.07 Å². The Kier molecular flexibility index (Phi) is 5.41. The van der Waals surface area contributed by atoms with Crippen molar-refractivity contribution in [1.82, 2.24) is 20.0 Å². The van der Waals surface area contributed by atoms with E-state index < -0.39 is 0 Å². The van der Waals surface area contributed by atoms with Gasteiger partial charge in [0.05, 0.1) is 12.2 Å². The van der Waals surface area contributed by atoms with Gasteiger partial charge in [0.15, 0.2) is 0 Å². The molecule has 0 spiro atoms.